The lowest BCUT2D eigenvalue weighted by atomic mass is 10.3. The summed E-state index contributed by atoms with van der Waals surface area (Å²) in [6.07, 6.45) is 6.55. The number of thioether (sulfide) groups is 1. The normalized spacial score (nSPS) is 12.8. The molecule has 0 heterocycles. The first-order valence-corrected chi connectivity index (χ1v) is 6.13. The molecule has 0 aliphatic carbocycles. The Hall–Kier alpha value is -0.130. The van der Waals surface area contributed by atoms with Crippen LogP contribution in [0.5, 0.6) is 0 Å². The Kier molecular flexibility index (Phi) is 8.38. The molecule has 0 bridgehead atoms. The van der Waals surface area contributed by atoms with Crippen molar-refractivity contribution >= 4 is 11.8 Å². The van der Waals surface area contributed by atoms with E-state index in [-0.39, 0.29) is 6.04 Å². The Bertz CT molecular complexity index is 149. The van der Waals surface area contributed by atoms with E-state index in [4.69, 9.17) is 6.42 Å². The molecule has 0 fully saturated rings. The van der Waals surface area contributed by atoms with Gasteiger partial charge in [-0.3, -0.25) is 0 Å². The molecule has 0 amide bonds. The summed E-state index contributed by atoms with van der Waals surface area (Å²) < 4.78 is 0. The number of hydrogen-bond acceptors (Lipinski definition) is 2. The Labute approximate surface area is 87.1 Å². The van der Waals surface area contributed by atoms with Crippen molar-refractivity contribution in [3.63, 3.8) is 0 Å². The molecule has 1 nitrogen and oxygen atoms in total. The van der Waals surface area contributed by atoms with E-state index >= 15 is 0 Å². The molecule has 0 rings (SSSR count). The summed E-state index contributed by atoms with van der Waals surface area (Å²) in [4.78, 5) is 0. The van der Waals surface area contributed by atoms with Crippen molar-refractivity contribution in [2.24, 2.45) is 5.92 Å². The lowest BCUT2D eigenvalue weighted by molar-refractivity contribution is 0.641. The van der Waals surface area contributed by atoms with Crippen molar-refractivity contribution in [1.29, 1.82) is 0 Å². The maximum absolute atomic E-state index is 5.40. The highest BCUT2D eigenvalue weighted by Gasteiger charge is 2.03. The van der Waals surface area contributed by atoms with E-state index < -0.39 is 0 Å². The second-order valence-electron chi connectivity index (χ2n) is 3.60. The molecule has 0 spiro atoms. The Balaban J connectivity index is 3.44. The number of terminal acetylenes is 1. The fraction of sp³-hybridized carbons (Fsp3) is 0.818. The molecule has 0 aliphatic heterocycles. The molecule has 0 saturated heterocycles. The molecule has 1 atom stereocenters. The largest absolute Gasteiger partial charge is 0.303 e. The van der Waals surface area contributed by atoms with Crippen molar-refractivity contribution in [3.05, 3.63) is 0 Å². The smallest absolute Gasteiger partial charge is 0.0778 e. The lowest BCUT2D eigenvalue weighted by Gasteiger charge is -2.12. The van der Waals surface area contributed by atoms with Crippen LogP contribution in [-0.4, -0.2) is 24.1 Å². The Morgan fingerprint density at radius 3 is 2.54 bits per heavy atom. The van der Waals surface area contributed by atoms with Crippen molar-refractivity contribution in [2.45, 2.75) is 33.2 Å². The van der Waals surface area contributed by atoms with Crippen LogP contribution in [0.2, 0.25) is 0 Å². The maximum Gasteiger partial charge on any atom is 0.0778 e. The van der Waals surface area contributed by atoms with Crippen LogP contribution in [0.3, 0.4) is 0 Å². The van der Waals surface area contributed by atoms with Crippen LogP contribution in [0.1, 0.15) is 27.2 Å². The minimum atomic E-state index is 0.253. The van der Waals surface area contributed by atoms with Gasteiger partial charge in [0.05, 0.1) is 6.04 Å². The minimum Gasteiger partial charge on any atom is -0.303 e. The second kappa shape index (κ2) is 8.47. The van der Waals surface area contributed by atoms with E-state index in [2.05, 4.69) is 32.0 Å². The SMILES string of the molecule is C#CC(CSCC(C)C)NCCC. The number of nitrogens with one attached hydrogen (secondary N) is 1. The highest BCUT2D eigenvalue weighted by atomic mass is 32.2. The molecule has 13 heavy (non-hydrogen) atoms. The predicted octanol–water partition coefficient (Wildman–Crippen LogP) is 2.38. The molecule has 2 heteroatoms. The maximum atomic E-state index is 5.40. The van der Waals surface area contributed by atoms with Gasteiger partial charge < -0.3 is 5.32 Å². The fourth-order valence-corrected chi connectivity index (χ4v) is 1.96. The first-order chi connectivity index (χ1) is 6.20. The number of rotatable bonds is 7. The average Bonchev–Trinajstić information content (AvgIpc) is 2.10. The van der Waals surface area contributed by atoms with Gasteiger partial charge in [-0.1, -0.05) is 26.7 Å². The summed E-state index contributed by atoms with van der Waals surface area (Å²) in [6.45, 7) is 7.65. The third-order valence-electron chi connectivity index (χ3n) is 1.58. The van der Waals surface area contributed by atoms with E-state index in [1.54, 1.807) is 0 Å². The van der Waals surface area contributed by atoms with Gasteiger partial charge in [0.25, 0.3) is 0 Å². The summed E-state index contributed by atoms with van der Waals surface area (Å²) in [5, 5.41) is 3.34. The van der Waals surface area contributed by atoms with Gasteiger partial charge in [0.1, 0.15) is 0 Å². The summed E-state index contributed by atoms with van der Waals surface area (Å²) in [5.41, 5.74) is 0. The molecule has 0 radical (unpaired) electrons. The van der Waals surface area contributed by atoms with Gasteiger partial charge >= 0.3 is 0 Å². The zero-order chi connectivity index (χ0) is 10.1. The van der Waals surface area contributed by atoms with Gasteiger partial charge in [-0.25, -0.2) is 0 Å². The molecule has 0 aromatic rings. The van der Waals surface area contributed by atoms with Crippen LogP contribution in [-0.2, 0) is 0 Å². The molecule has 0 aromatic carbocycles. The predicted molar refractivity (Wildman–Crippen MR) is 63.1 cm³/mol. The Morgan fingerprint density at radius 2 is 2.08 bits per heavy atom. The first kappa shape index (κ1) is 12.9. The standard InChI is InChI=1S/C11H21NS/c1-5-7-12-11(6-2)9-13-8-10(3)4/h2,10-12H,5,7-9H2,1,3-4H3. The monoisotopic (exact) mass is 199 g/mol. The van der Waals surface area contributed by atoms with Gasteiger partial charge in [-0.15, -0.1) is 6.42 Å². The van der Waals surface area contributed by atoms with Crippen LogP contribution in [0.15, 0.2) is 0 Å². The summed E-state index contributed by atoms with van der Waals surface area (Å²) in [7, 11) is 0. The van der Waals surface area contributed by atoms with Crippen LogP contribution >= 0.6 is 11.8 Å². The van der Waals surface area contributed by atoms with Gasteiger partial charge in [-0.05, 0) is 24.6 Å². The fourth-order valence-electron chi connectivity index (χ4n) is 0.906. The van der Waals surface area contributed by atoms with Gasteiger partial charge in [0.15, 0.2) is 0 Å². The van der Waals surface area contributed by atoms with Gasteiger partial charge in [0, 0.05) is 5.75 Å². The first-order valence-electron chi connectivity index (χ1n) is 4.98. The molecular weight excluding hydrogens is 178 g/mol. The molecular formula is C11H21NS. The van der Waals surface area contributed by atoms with Crippen LogP contribution < -0.4 is 5.32 Å². The minimum absolute atomic E-state index is 0.253. The number of hydrogen-bond donors (Lipinski definition) is 1. The van der Waals surface area contributed by atoms with Gasteiger partial charge in [-0.2, -0.15) is 11.8 Å². The lowest BCUT2D eigenvalue weighted by Crippen LogP contribution is -2.30. The molecule has 1 N–H and O–H groups in total. The van der Waals surface area contributed by atoms with E-state index in [9.17, 15) is 0 Å². The summed E-state index contributed by atoms with van der Waals surface area (Å²) in [6, 6.07) is 0.253. The topological polar surface area (TPSA) is 12.0 Å². The third kappa shape index (κ3) is 8.21. The highest BCUT2D eigenvalue weighted by Crippen LogP contribution is 2.08. The van der Waals surface area contributed by atoms with Crippen molar-refractivity contribution in [1.82, 2.24) is 5.32 Å². The van der Waals surface area contributed by atoms with Crippen molar-refractivity contribution in [3.8, 4) is 12.3 Å². The molecule has 0 saturated carbocycles. The molecule has 0 aliphatic rings. The average molecular weight is 199 g/mol. The van der Waals surface area contributed by atoms with Crippen LogP contribution in [0.4, 0.5) is 0 Å². The van der Waals surface area contributed by atoms with Gasteiger partial charge in [0.2, 0.25) is 0 Å². The zero-order valence-electron chi connectivity index (χ0n) is 8.97. The highest BCUT2D eigenvalue weighted by molar-refractivity contribution is 7.99. The quantitative estimate of drug-likeness (QED) is 0.632. The second-order valence-corrected chi connectivity index (χ2v) is 4.68. The molecule has 1 unspecified atom stereocenters. The summed E-state index contributed by atoms with van der Waals surface area (Å²) >= 11 is 1.94. The van der Waals surface area contributed by atoms with E-state index in [0.29, 0.717) is 0 Å². The molecule has 76 valence electrons. The van der Waals surface area contributed by atoms with Crippen molar-refractivity contribution in [2.75, 3.05) is 18.1 Å². The Morgan fingerprint density at radius 1 is 1.38 bits per heavy atom. The van der Waals surface area contributed by atoms with Crippen molar-refractivity contribution < 1.29 is 0 Å². The zero-order valence-corrected chi connectivity index (χ0v) is 9.79. The summed E-state index contributed by atoms with van der Waals surface area (Å²) in [5.74, 6) is 5.77. The van der Waals surface area contributed by atoms with E-state index in [1.165, 1.54) is 5.75 Å². The molecule has 0 aromatic heterocycles. The van der Waals surface area contributed by atoms with Crippen LogP contribution in [0.25, 0.3) is 0 Å². The van der Waals surface area contributed by atoms with E-state index in [0.717, 1.165) is 24.6 Å². The van der Waals surface area contributed by atoms with Crippen LogP contribution in [0, 0.1) is 18.3 Å². The van der Waals surface area contributed by atoms with E-state index in [1.807, 2.05) is 11.8 Å². The third-order valence-corrected chi connectivity index (χ3v) is 3.05.